The van der Waals surface area contributed by atoms with Crippen LogP contribution in [-0.2, 0) is 6.18 Å². The summed E-state index contributed by atoms with van der Waals surface area (Å²) in [5, 5.41) is 15.6. The van der Waals surface area contributed by atoms with Crippen molar-refractivity contribution in [2.75, 3.05) is 5.32 Å². The highest BCUT2D eigenvalue weighted by Crippen LogP contribution is 2.30. The maximum Gasteiger partial charge on any atom is 0.416 e. The Morgan fingerprint density at radius 1 is 1.14 bits per heavy atom. The van der Waals surface area contributed by atoms with E-state index in [1.165, 1.54) is 6.07 Å². The molecule has 0 bridgehead atoms. The Kier molecular flexibility index (Phi) is 5.76. The molecule has 0 aliphatic heterocycles. The molecule has 0 spiro atoms. The Balaban J connectivity index is 1.85. The minimum absolute atomic E-state index is 0.0274. The van der Waals surface area contributed by atoms with Gasteiger partial charge in [0.1, 0.15) is 5.82 Å². The van der Waals surface area contributed by atoms with Crippen molar-refractivity contribution in [3.05, 3.63) is 53.6 Å². The summed E-state index contributed by atoms with van der Waals surface area (Å²) in [5.41, 5.74) is -1.08. The van der Waals surface area contributed by atoms with E-state index in [0.29, 0.717) is 0 Å². The Morgan fingerprint density at radius 2 is 1.79 bits per heavy atom. The molecule has 1 heterocycles. The molecule has 0 radical (unpaired) electrons. The number of carbonyl (C=O) groups is 1. The van der Waals surface area contributed by atoms with Crippen molar-refractivity contribution in [3.8, 4) is 5.88 Å². The van der Waals surface area contributed by atoms with Crippen molar-refractivity contribution in [3.63, 3.8) is 0 Å². The van der Waals surface area contributed by atoms with Crippen molar-refractivity contribution in [1.29, 1.82) is 0 Å². The van der Waals surface area contributed by atoms with Crippen LogP contribution in [0.25, 0.3) is 0 Å². The van der Waals surface area contributed by atoms with E-state index in [0.717, 1.165) is 49.9 Å². The van der Waals surface area contributed by atoms with E-state index in [4.69, 9.17) is 0 Å². The molecule has 9 heteroatoms. The fourth-order valence-corrected chi connectivity index (χ4v) is 3.24. The van der Waals surface area contributed by atoms with E-state index in [9.17, 15) is 23.1 Å². The highest BCUT2D eigenvalue weighted by molar-refractivity contribution is 6.06. The molecule has 154 valence electrons. The van der Waals surface area contributed by atoms with Gasteiger partial charge in [-0.15, -0.1) is 0 Å². The standard InChI is InChI=1S/C20H21F3N4O2/c1-19(11-2-3-12-19)27-18(25-15-5-4-6-16(28)24-15)26-17(29)13-7-9-14(10-8-13)20(21,22)23/h4-10H,2-3,11-12H2,1H3,(H3,24,25,26,27,28,29). The number of carbonyl (C=O) groups excluding carboxylic acids is 1. The normalized spacial score (nSPS) is 16.5. The van der Waals surface area contributed by atoms with E-state index in [2.05, 4.69) is 20.6 Å². The molecule has 1 aliphatic rings. The van der Waals surface area contributed by atoms with Crippen LogP contribution in [0.1, 0.15) is 48.5 Å². The molecular weight excluding hydrogens is 385 g/mol. The number of rotatable bonds is 3. The predicted octanol–water partition coefficient (Wildman–Crippen LogP) is 4.34. The van der Waals surface area contributed by atoms with Crippen molar-refractivity contribution in [2.45, 2.75) is 44.3 Å². The number of guanidine groups is 1. The van der Waals surface area contributed by atoms with Crippen molar-refractivity contribution < 1.29 is 23.1 Å². The van der Waals surface area contributed by atoms with Crippen LogP contribution in [0.3, 0.4) is 0 Å². The van der Waals surface area contributed by atoms with Gasteiger partial charge in [-0.25, -0.2) is 0 Å². The summed E-state index contributed by atoms with van der Waals surface area (Å²) in [5.74, 6) is -0.499. The molecule has 0 saturated heterocycles. The molecule has 6 nitrogen and oxygen atoms in total. The van der Waals surface area contributed by atoms with Crippen LogP contribution in [0, 0.1) is 0 Å². The molecule has 1 saturated carbocycles. The van der Waals surface area contributed by atoms with E-state index >= 15 is 0 Å². The lowest BCUT2D eigenvalue weighted by molar-refractivity contribution is -0.137. The number of hydrogen-bond donors (Lipinski definition) is 3. The van der Waals surface area contributed by atoms with Gasteiger partial charge in [-0.2, -0.15) is 23.1 Å². The van der Waals surface area contributed by atoms with Gasteiger partial charge in [0.05, 0.1) is 5.56 Å². The molecule has 1 aromatic carbocycles. The number of aromatic hydroxyl groups is 1. The first-order valence-corrected chi connectivity index (χ1v) is 9.16. The largest absolute Gasteiger partial charge is 0.493 e. The number of aromatic nitrogens is 1. The van der Waals surface area contributed by atoms with Gasteiger partial charge in [0, 0.05) is 17.2 Å². The summed E-state index contributed by atoms with van der Waals surface area (Å²) in [6, 6.07) is 8.46. The van der Waals surface area contributed by atoms with Crippen LogP contribution >= 0.6 is 0 Å². The van der Waals surface area contributed by atoms with Crippen LogP contribution in [0.4, 0.5) is 19.0 Å². The summed E-state index contributed by atoms with van der Waals surface area (Å²) in [4.78, 5) is 20.5. The number of anilines is 1. The zero-order valence-corrected chi connectivity index (χ0v) is 15.8. The molecule has 2 aromatic rings. The zero-order chi connectivity index (χ0) is 21.1. The Hall–Kier alpha value is -3.10. The summed E-state index contributed by atoms with van der Waals surface area (Å²) in [6.07, 6.45) is -0.634. The van der Waals surface area contributed by atoms with Crippen LogP contribution in [-0.4, -0.2) is 27.5 Å². The number of nitrogens with zero attached hydrogens (tertiary/aromatic N) is 2. The average molecular weight is 406 g/mol. The van der Waals surface area contributed by atoms with Crippen molar-refractivity contribution in [1.82, 2.24) is 10.3 Å². The number of nitrogens with one attached hydrogen (secondary N) is 2. The first-order chi connectivity index (χ1) is 13.6. The smallest absolute Gasteiger partial charge is 0.416 e. The van der Waals surface area contributed by atoms with Crippen LogP contribution < -0.4 is 10.6 Å². The summed E-state index contributed by atoms with van der Waals surface area (Å²) in [7, 11) is 0. The molecular formula is C20H21F3N4O2. The fourth-order valence-electron chi connectivity index (χ4n) is 3.24. The first kappa shape index (κ1) is 20.6. The maximum atomic E-state index is 12.7. The maximum absolute atomic E-state index is 12.7. The van der Waals surface area contributed by atoms with Gasteiger partial charge in [0.2, 0.25) is 11.8 Å². The lowest BCUT2D eigenvalue weighted by Gasteiger charge is -2.27. The van der Waals surface area contributed by atoms with E-state index in [1.54, 1.807) is 12.1 Å². The molecule has 1 fully saturated rings. The van der Waals surface area contributed by atoms with Crippen LogP contribution in [0.15, 0.2) is 47.5 Å². The number of hydrogen-bond acceptors (Lipinski definition) is 3. The highest BCUT2D eigenvalue weighted by atomic mass is 19.4. The lowest BCUT2D eigenvalue weighted by atomic mass is 10.0. The van der Waals surface area contributed by atoms with Crippen molar-refractivity contribution in [2.24, 2.45) is 4.99 Å². The number of aliphatic imine (C=N–C) groups is 1. The predicted molar refractivity (Wildman–Crippen MR) is 103 cm³/mol. The van der Waals surface area contributed by atoms with E-state index in [1.807, 2.05) is 6.92 Å². The third kappa shape index (κ3) is 5.46. The topological polar surface area (TPSA) is 86.6 Å². The molecule has 0 atom stereocenters. The van der Waals surface area contributed by atoms with Gasteiger partial charge in [0.15, 0.2) is 0 Å². The Bertz CT molecular complexity index is 905. The SMILES string of the molecule is CC1(N/C(=N/C(=O)c2ccc(C(F)(F)F)cc2)Nc2cccc(O)n2)CCCC1. The van der Waals surface area contributed by atoms with Crippen LogP contribution in [0.5, 0.6) is 5.88 Å². The average Bonchev–Trinajstić information content (AvgIpc) is 3.07. The highest BCUT2D eigenvalue weighted by Gasteiger charge is 2.31. The van der Waals surface area contributed by atoms with E-state index in [-0.39, 0.29) is 28.8 Å². The number of amides is 1. The summed E-state index contributed by atoms with van der Waals surface area (Å²) in [6.45, 7) is 2.01. The molecule has 1 amide bonds. The Labute approximate surface area is 165 Å². The lowest BCUT2D eigenvalue weighted by Crippen LogP contribution is -2.47. The second-order valence-corrected chi connectivity index (χ2v) is 7.24. The minimum Gasteiger partial charge on any atom is -0.493 e. The second kappa shape index (κ2) is 8.10. The monoisotopic (exact) mass is 406 g/mol. The fraction of sp³-hybridized carbons (Fsp3) is 0.350. The molecule has 29 heavy (non-hydrogen) atoms. The minimum atomic E-state index is -4.48. The molecule has 1 aromatic heterocycles. The molecule has 3 rings (SSSR count). The number of benzene rings is 1. The van der Waals surface area contributed by atoms with Gasteiger partial charge >= 0.3 is 6.18 Å². The van der Waals surface area contributed by atoms with Gasteiger partial charge in [-0.1, -0.05) is 18.9 Å². The zero-order valence-electron chi connectivity index (χ0n) is 15.8. The Morgan fingerprint density at radius 3 is 2.38 bits per heavy atom. The third-order valence-corrected chi connectivity index (χ3v) is 4.78. The summed E-state index contributed by atoms with van der Waals surface area (Å²) < 4.78 is 38.1. The number of pyridine rings is 1. The van der Waals surface area contributed by atoms with Crippen LogP contribution in [0.2, 0.25) is 0 Å². The third-order valence-electron chi connectivity index (χ3n) is 4.78. The quantitative estimate of drug-likeness (QED) is 0.522. The summed E-state index contributed by atoms with van der Waals surface area (Å²) >= 11 is 0. The van der Waals surface area contributed by atoms with E-state index < -0.39 is 17.6 Å². The molecule has 1 aliphatic carbocycles. The van der Waals surface area contributed by atoms with Gasteiger partial charge < -0.3 is 15.7 Å². The molecule has 3 N–H and O–H groups in total. The van der Waals surface area contributed by atoms with Gasteiger partial charge in [0.25, 0.3) is 5.91 Å². The van der Waals surface area contributed by atoms with Gasteiger partial charge in [-0.05, 0) is 50.1 Å². The molecule has 0 unspecified atom stereocenters. The first-order valence-electron chi connectivity index (χ1n) is 9.16. The number of alkyl halides is 3. The second-order valence-electron chi connectivity index (χ2n) is 7.24. The van der Waals surface area contributed by atoms with Gasteiger partial charge in [-0.3, -0.25) is 4.79 Å². The van der Waals surface area contributed by atoms with Crippen molar-refractivity contribution >= 4 is 17.7 Å². The number of halogens is 3.